The Balaban J connectivity index is 1.46. The Morgan fingerprint density at radius 1 is 1.07 bits per heavy atom. The van der Waals surface area contributed by atoms with Crippen molar-refractivity contribution in [2.24, 2.45) is 52.1 Å². The van der Waals surface area contributed by atoms with Crippen LogP contribution in [0.1, 0.15) is 98.3 Å². The van der Waals surface area contributed by atoms with Gasteiger partial charge in [-0.1, -0.05) is 52.2 Å². The van der Waals surface area contributed by atoms with Crippen molar-refractivity contribution in [2.45, 2.75) is 104 Å². The molecule has 2 nitrogen and oxygen atoms in total. The van der Waals surface area contributed by atoms with Crippen molar-refractivity contribution in [1.29, 1.82) is 0 Å². The van der Waals surface area contributed by atoms with Crippen LogP contribution in [0.2, 0.25) is 0 Å². The molecule has 0 radical (unpaired) electrons. The van der Waals surface area contributed by atoms with Crippen LogP contribution in [0.25, 0.3) is 0 Å². The van der Waals surface area contributed by atoms with Crippen molar-refractivity contribution in [1.82, 2.24) is 0 Å². The summed E-state index contributed by atoms with van der Waals surface area (Å²) in [7, 11) is 0. The lowest BCUT2D eigenvalue weighted by Gasteiger charge is -2.58. The molecule has 0 spiro atoms. The van der Waals surface area contributed by atoms with Gasteiger partial charge in [0.25, 0.3) is 0 Å². The quantitative estimate of drug-likeness (QED) is 0.511. The smallest absolute Gasteiger partial charge is 0.0577 e. The van der Waals surface area contributed by atoms with E-state index in [1.165, 1.54) is 57.8 Å². The van der Waals surface area contributed by atoms with Crippen LogP contribution in [0.4, 0.5) is 0 Å². The SMILES string of the molecule is CC(CN)CCCC(C)[C@H]1CC[C@H]2[C@@H]3CC=C4C[C@@H](O)CC[C@]4(C)[C@H]3CC[C@]12C. The van der Waals surface area contributed by atoms with E-state index in [0.29, 0.717) is 16.7 Å². The molecule has 2 heteroatoms. The van der Waals surface area contributed by atoms with E-state index in [4.69, 9.17) is 5.73 Å². The standard InChI is InChI=1S/C27H47NO/c1-18(17-28)6-5-7-19(2)23-10-11-24-22-9-8-20-16-21(29)12-14-26(20,3)25(22)13-15-27(23,24)4/h8,18-19,21-25,29H,5-7,9-17,28H2,1-4H3/t18?,19?,21-,22-,23+,24-,25-,26-,27+/m0/s1. The minimum Gasteiger partial charge on any atom is -0.393 e. The zero-order valence-electron chi connectivity index (χ0n) is 19.6. The van der Waals surface area contributed by atoms with Gasteiger partial charge < -0.3 is 10.8 Å². The summed E-state index contributed by atoms with van der Waals surface area (Å²) in [5.41, 5.74) is 8.38. The van der Waals surface area contributed by atoms with Crippen LogP contribution in [-0.4, -0.2) is 17.8 Å². The minimum atomic E-state index is -0.0848. The lowest BCUT2D eigenvalue weighted by molar-refractivity contribution is -0.0573. The van der Waals surface area contributed by atoms with Crippen LogP contribution < -0.4 is 5.73 Å². The number of hydrogen-bond donors (Lipinski definition) is 2. The third-order valence-corrected chi connectivity index (χ3v) is 10.6. The summed E-state index contributed by atoms with van der Waals surface area (Å²) in [4.78, 5) is 0. The first-order valence-corrected chi connectivity index (χ1v) is 12.9. The van der Waals surface area contributed by atoms with Gasteiger partial charge in [-0.3, -0.25) is 0 Å². The maximum absolute atomic E-state index is 10.2. The van der Waals surface area contributed by atoms with E-state index >= 15 is 0 Å². The maximum atomic E-state index is 10.2. The summed E-state index contributed by atoms with van der Waals surface area (Å²) >= 11 is 0. The molecule has 0 bridgehead atoms. The zero-order chi connectivity index (χ0) is 20.8. The zero-order valence-corrected chi connectivity index (χ0v) is 19.6. The maximum Gasteiger partial charge on any atom is 0.0577 e. The number of nitrogens with two attached hydrogens (primary N) is 1. The van der Waals surface area contributed by atoms with Gasteiger partial charge in [-0.25, -0.2) is 0 Å². The monoisotopic (exact) mass is 401 g/mol. The summed E-state index contributed by atoms with van der Waals surface area (Å²) in [5.74, 6) is 5.16. The second-order valence-corrected chi connectivity index (χ2v) is 12.1. The summed E-state index contributed by atoms with van der Waals surface area (Å²) in [5, 5.41) is 10.2. The molecule has 0 aliphatic heterocycles. The van der Waals surface area contributed by atoms with Crippen molar-refractivity contribution >= 4 is 0 Å². The fourth-order valence-corrected chi connectivity index (χ4v) is 8.72. The summed E-state index contributed by atoms with van der Waals surface area (Å²) in [6, 6.07) is 0. The van der Waals surface area contributed by atoms with Gasteiger partial charge in [-0.2, -0.15) is 0 Å². The first kappa shape index (κ1) is 21.9. The Bertz CT molecular complexity index is 614. The predicted molar refractivity (Wildman–Crippen MR) is 122 cm³/mol. The third-order valence-electron chi connectivity index (χ3n) is 10.6. The average Bonchev–Trinajstić information content (AvgIpc) is 3.05. The molecular weight excluding hydrogens is 354 g/mol. The Morgan fingerprint density at radius 2 is 1.86 bits per heavy atom. The van der Waals surface area contributed by atoms with Crippen LogP contribution in [-0.2, 0) is 0 Å². The van der Waals surface area contributed by atoms with Crippen molar-refractivity contribution < 1.29 is 5.11 Å². The van der Waals surface area contributed by atoms with Gasteiger partial charge in [-0.15, -0.1) is 0 Å². The van der Waals surface area contributed by atoms with E-state index in [-0.39, 0.29) is 6.10 Å². The van der Waals surface area contributed by atoms with Gasteiger partial charge in [-0.05, 0) is 111 Å². The molecule has 3 N–H and O–H groups in total. The van der Waals surface area contributed by atoms with E-state index in [0.717, 1.165) is 49.0 Å². The molecule has 166 valence electrons. The molecule has 0 amide bonds. The Labute approximate surface area is 180 Å². The largest absolute Gasteiger partial charge is 0.393 e. The predicted octanol–water partition coefficient (Wildman–Crippen LogP) is 6.33. The third kappa shape index (κ3) is 3.75. The van der Waals surface area contributed by atoms with E-state index in [9.17, 15) is 5.11 Å². The van der Waals surface area contributed by atoms with Gasteiger partial charge in [0.05, 0.1) is 6.10 Å². The molecule has 0 heterocycles. The number of aliphatic hydroxyl groups is 1. The number of rotatable bonds is 6. The van der Waals surface area contributed by atoms with Crippen LogP contribution in [0, 0.1) is 46.3 Å². The highest BCUT2D eigenvalue weighted by Gasteiger charge is 2.59. The lowest BCUT2D eigenvalue weighted by atomic mass is 9.47. The second-order valence-electron chi connectivity index (χ2n) is 12.1. The molecule has 0 saturated heterocycles. The van der Waals surface area contributed by atoms with E-state index in [2.05, 4.69) is 33.8 Å². The van der Waals surface area contributed by atoms with Crippen molar-refractivity contribution in [2.75, 3.05) is 6.54 Å². The van der Waals surface area contributed by atoms with Crippen molar-refractivity contribution in [3.63, 3.8) is 0 Å². The lowest BCUT2D eigenvalue weighted by Crippen LogP contribution is -2.50. The van der Waals surface area contributed by atoms with Gasteiger partial charge in [0, 0.05) is 0 Å². The summed E-state index contributed by atoms with van der Waals surface area (Å²) < 4.78 is 0. The first-order chi connectivity index (χ1) is 13.8. The molecule has 3 fully saturated rings. The van der Waals surface area contributed by atoms with Gasteiger partial charge in [0.2, 0.25) is 0 Å². The molecule has 29 heavy (non-hydrogen) atoms. The van der Waals surface area contributed by atoms with E-state index in [1.54, 1.807) is 5.57 Å². The van der Waals surface area contributed by atoms with Gasteiger partial charge in [0.1, 0.15) is 0 Å². The van der Waals surface area contributed by atoms with E-state index in [1.807, 2.05) is 0 Å². The van der Waals surface area contributed by atoms with E-state index < -0.39 is 0 Å². The van der Waals surface area contributed by atoms with Gasteiger partial charge in [0.15, 0.2) is 0 Å². The average molecular weight is 402 g/mol. The summed E-state index contributed by atoms with van der Waals surface area (Å²) in [6.07, 6.45) is 16.8. The highest BCUT2D eigenvalue weighted by Crippen LogP contribution is 2.67. The molecule has 0 aromatic heterocycles. The molecule has 9 atom stereocenters. The minimum absolute atomic E-state index is 0.0848. The number of allylic oxidation sites excluding steroid dienone is 1. The second kappa shape index (κ2) is 8.30. The number of aliphatic hydroxyl groups excluding tert-OH is 1. The van der Waals surface area contributed by atoms with Crippen molar-refractivity contribution in [3.8, 4) is 0 Å². The molecule has 4 aliphatic rings. The first-order valence-electron chi connectivity index (χ1n) is 12.9. The Hall–Kier alpha value is -0.340. The number of hydrogen-bond acceptors (Lipinski definition) is 2. The molecule has 2 unspecified atom stereocenters. The fraction of sp³-hybridized carbons (Fsp3) is 0.926. The topological polar surface area (TPSA) is 46.2 Å². The van der Waals surface area contributed by atoms with Gasteiger partial charge >= 0.3 is 0 Å². The fourth-order valence-electron chi connectivity index (χ4n) is 8.72. The molecule has 3 saturated carbocycles. The summed E-state index contributed by atoms with van der Waals surface area (Å²) in [6.45, 7) is 10.9. The molecule has 0 aromatic rings. The molecule has 4 aliphatic carbocycles. The normalized spacial score (nSPS) is 46.3. The van der Waals surface area contributed by atoms with Crippen LogP contribution >= 0.6 is 0 Å². The highest BCUT2D eigenvalue weighted by molar-refractivity contribution is 5.25. The molecule has 0 aromatic carbocycles. The van der Waals surface area contributed by atoms with Crippen LogP contribution in [0.5, 0.6) is 0 Å². The number of fused-ring (bicyclic) bond motifs is 5. The Morgan fingerprint density at radius 3 is 2.62 bits per heavy atom. The molecule has 4 rings (SSSR count). The van der Waals surface area contributed by atoms with Crippen LogP contribution in [0.15, 0.2) is 11.6 Å². The Kier molecular flexibility index (Phi) is 6.26. The molecular formula is C27H47NO. The highest BCUT2D eigenvalue weighted by atomic mass is 16.3. The van der Waals surface area contributed by atoms with Crippen molar-refractivity contribution in [3.05, 3.63) is 11.6 Å². The van der Waals surface area contributed by atoms with Crippen LogP contribution in [0.3, 0.4) is 0 Å².